The van der Waals surface area contributed by atoms with Gasteiger partial charge in [-0.2, -0.15) is 0 Å². The molecule has 0 aliphatic heterocycles. The second-order valence-corrected chi connectivity index (χ2v) is 4.87. The molecule has 0 atom stereocenters. The van der Waals surface area contributed by atoms with Gasteiger partial charge in [0.15, 0.2) is 0 Å². The molecule has 1 aromatic carbocycles. The third kappa shape index (κ3) is 4.17. The molecule has 6 heteroatoms. The number of carbonyl (C=O) groups is 2. The molecule has 2 N–H and O–H groups in total. The molecule has 6 nitrogen and oxygen atoms in total. The summed E-state index contributed by atoms with van der Waals surface area (Å²) in [5.74, 6) is -0.238. The fraction of sp³-hybridized carbons (Fsp3) is 0.267. The summed E-state index contributed by atoms with van der Waals surface area (Å²) in [6.07, 6.45) is 1.74. The molecule has 0 spiro atoms. The molecular formula is C15H18N4O2. The zero-order valence-corrected chi connectivity index (χ0v) is 12.1. The topological polar surface area (TPSA) is 74.3 Å². The van der Waals surface area contributed by atoms with E-state index >= 15 is 0 Å². The van der Waals surface area contributed by atoms with Crippen LogP contribution in [0.1, 0.15) is 5.56 Å². The van der Waals surface area contributed by atoms with E-state index < -0.39 is 0 Å². The van der Waals surface area contributed by atoms with E-state index in [2.05, 4.69) is 15.6 Å². The van der Waals surface area contributed by atoms with E-state index in [1.54, 1.807) is 20.3 Å². The second-order valence-electron chi connectivity index (χ2n) is 4.87. The largest absolute Gasteiger partial charge is 0.350 e. The fourth-order valence-electron chi connectivity index (χ4n) is 1.79. The minimum atomic E-state index is -0.294. The van der Waals surface area contributed by atoms with Gasteiger partial charge in [-0.3, -0.25) is 9.78 Å². The molecule has 2 aromatic rings. The number of urea groups is 1. The summed E-state index contributed by atoms with van der Waals surface area (Å²) in [5, 5.41) is 6.29. The van der Waals surface area contributed by atoms with Gasteiger partial charge in [-0.25, -0.2) is 4.79 Å². The van der Waals surface area contributed by atoms with Crippen LogP contribution < -0.4 is 10.6 Å². The van der Waals surface area contributed by atoms with E-state index in [1.165, 1.54) is 4.90 Å². The summed E-state index contributed by atoms with van der Waals surface area (Å²) in [6, 6.07) is 9.49. The van der Waals surface area contributed by atoms with Gasteiger partial charge in [-0.05, 0) is 17.7 Å². The van der Waals surface area contributed by atoms with Crippen LogP contribution in [0.15, 0.2) is 36.5 Å². The summed E-state index contributed by atoms with van der Waals surface area (Å²) in [7, 11) is 3.24. The third-order valence-electron chi connectivity index (χ3n) is 2.94. The molecule has 0 fully saturated rings. The molecule has 21 heavy (non-hydrogen) atoms. The van der Waals surface area contributed by atoms with Crippen molar-refractivity contribution in [1.29, 1.82) is 0 Å². The lowest BCUT2D eigenvalue weighted by Gasteiger charge is -2.12. The van der Waals surface area contributed by atoms with Crippen LogP contribution in [0.2, 0.25) is 0 Å². The molecular weight excluding hydrogens is 268 g/mol. The van der Waals surface area contributed by atoms with Crippen LogP contribution in [0.4, 0.5) is 4.79 Å². The Labute approximate surface area is 123 Å². The number of nitrogens with one attached hydrogen (secondary N) is 2. The van der Waals surface area contributed by atoms with Crippen molar-refractivity contribution < 1.29 is 9.59 Å². The maximum Gasteiger partial charge on any atom is 0.317 e. The van der Waals surface area contributed by atoms with Gasteiger partial charge in [0, 0.05) is 32.2 Å². The van der Waals surface area contributed by atoms with Gasteiger partial charge in [-0.15, -0.1) is 0 Å². The predicted octanol–water partition coefficient (Wildman–Crippen LogP) is 1.12. The molecule has 2 rings (SSSR count). The van der Waals surface area contributed by atoms with Crippen LogP contribution in [-0.2, 0) is 11.3 Å². The standard InChI is InChI=1S/C15H18N4O2/c1-19(2)15(21)18-10-14(20)17-9-11-7-12-5-3-4-6-13(12)16-8-11/h3-8H,9-10H2,1-2H3,(H,17,20)(H,18,21). The lowest BCUT2D eigenvalue weighted by Crippen LogP contribution is -2.41. The van der Waals surface area contributed by atoms with E-state index in [-0.39, 0.29) is 18.5 Å². The number of carbonyl (C=O) groups excluding carboxylic acids is 2. The van der Waals surface area contributed by atoms with Crippen molar-refractivity contribution in [2.75, 3.05) is 20.6 Å². The average molecular weight is 286 g/mol. The summed E-state index contributed by atoms with van der Waals surface area (Å²) in [6.45, 7) is 0.340. The summed E-state index contributed by atoms with van der Waals surface area (Å²) < 4.78 is 0. The number of para-hydroxylation sites is 1. The number of aromatic nitrogens is 1. The summed E-state index contributed by atoms with van der Waals surface area (Å²) >= 11 is 0. The Morgan fingerprint density at radius 2 is 1.95 bits per heavy atom. The maximum absolute atomic E-state index is 11.6. The number of nitrogens with zero attached hydrogens (tertiary/aromatic N) is 2. The van der Waals surface area contributed by atoms with Gasteiger partial charge in [-0.1, -0.05) is 18.2 Å². The van der Waals surface area contributed by atoms with Crippen molar-refractivity contribution in [3.05, 3.63) is 42.1 Å². The minimum absolute atomic E-state index is 0.0436. The van der Waals surface area contributed by atoms with E-state index in [1.807, 2.05) is 30.3 Å². The highest BCUT2D eigenvalue weighted by Gasteiger charge is 2.06. The third-order valence-corrected chi connectivity index (χ3v) is 2.94. The van der Waals surface area contributed by atoms with Gasteiger partial charge in [0.05, 0.1) is 12.1 Å². The molecule has 1 aromatic heterocycles. The predicted molar refractivity (Wildman–Crippen MR) is 80.7 cm³/mol. The zero-order chi connectivity index (χ0) is 15.2. The van der Waals surface area contributed by atoms with E-state index in [0.717, 1.165) is 16.5 Å². The van der Waals surface area contributed by atoms with Gasteiger partial charge >= 0.3 is 6.03 Å². The van der Waals surface area contributed by atoms with Crippen LogP contribution >= 0.6 is 0 Å². The Bertz CT molecular complexity index is 655. The molecule has 0 bridgehead atoms. The van der Waals surface area contributed by atoms with Crippen LogP contribution in [0.5, 0.6) is 0 Å². The second kappa shape index (κ2) is 6.69. The highest BCUT2D eigenvalue weighted by atomic mass is 16.2. The van der Waals surface area contributed by atoms with Gasteiger partial charge in [0.1, 0.15) is 0 Å². The lowest BCUT2D eigenvalue weighted by atomic mass is 10.1. The van der Waals surface area contributed by atoms with Crippen LogP contribution in [0.3, 0.4) is 0 Å². The van der Waals surface area contributed by atoms with Crippen LogP contribution in [-0.4, -0.2) is 42.5 Å². The molecule has 1 heterocycles. The number of fused-ring (bicyclic) bond motifs is 1. The first-order valence-corrected chi connectivity index (χ1v) is 6.62. The van der Waals surface area contributed by atoms with Crippen molar-refractivity contribution >= 4 is 22.8 Å². The van der Waals surface area contributed by atoms with Gasteiger partial charge in [0.2, 0.25) is 5.91 Å². The van der Waals surface area contributed by atoms with E-state index in [9.17, 15) is 9.59 Å². The SMILES string of the molecule is CN(C)C(=O)NCC(=O)NCc1cnc2ccccc2c1. The minimum Gasteiger partial charge on any atom is -0.350 e. The molecule has 0 aliphatic rings. The smallest absolute Gasteiger partial charge is 0.317 e. The van der Waals surface area contributed by atoms with Gasteiger partial charge in [0.25, 0.3) is 0 Å². The van der Waals surface area contributed by atoms with E-state index in [4.69, 9.17) is 0 Å². The highest BCUT2D eigenvalue weighted by Crippen LogP contribution is 2.12. The molecule has 0 saturated heterocycles. The normalized spacial score (nSPS) is 10.2. The Balaban J connectivity index is 1.86. The van der Waals surface area contributed by atoms with Gasteiger partial charge < -0.3 is 15.5 Å². The quantitative estimate of drug-likeness (QED) is 0.884. The summed E-state index contributed by atoms with van der Waals surface area (Å²) in [5.41, 5.74) is 1.84. The zero-order valence-electron chi connectivity index (χ0n) is 12.1. The van der Waals surface area contributed by atoms with Crippen molar-refractivity contribution in [3.8, 4) is 0 Å². The Morgan fingerprint density at radius 1 is 1.19 bits per heavy atom. The highest BCUT2D eigenvalue weighted by molar-refractivity contribution is 5.84. The van der Waals surface area contributed by atoms with Crippen LogP contribution in [0.25, 0.3) is 10.9 Å². The first kappa shape index (κ1) is 14.8. The van der Waals surface area contributed by atoms with Crippen LogP contribution in [0, 0.1) is 0 Å². The van der Waals surface area contributed by atoms with Crippen molar-refractivity contribution in [3.63, 3.8) is 0 Å². The fourth-order valence-corrected chi connectivity index (χ4v) is 1.79. The molecule has 0 saturated carbocycles. The first-order chi connectivity index (χ1) is 10.1. The number of hydrogen-bond acceptors (Lipinski definition) is 3. The number of benzene rings is 1. The molecule has 0 aliphatic carbocycles. The monoisotopic (exact) mass is 286 g/mol. The Hall–Kier alpha value is -2.63. The Morgan fingerprint density at radius 3 is 2.71 bits per heavy atom. The molecule has 3 amide bonds. The van der Waals surface area contributed by atoms with Crippen molar-refractivity contribution in [2.24, 2.45) is 0 Å². The van der Waals surface area contributed by atoms with Crippen molar-refractivity contribution in [1.82, 2.24) is 20.5 Å². The molecule has 0 unspecified atom stereocenters. The molecule has 110 valence electrons. The first-order valence-electron chi connectivity index (χ1n) is 6.62. The lowest BCUT2D eigenvalue weighted by molar-refractivity contribution is -0.120. The van der Waals surface area contributed by atoms with Crippen molar-refractivity contribution in [2.45, 2.75) is 6.54 Å². The number of pyridine rings is 1. The molecule has 0 radical (unpaired) electrons. The number of hydrogen-bond donors (Lipinski definition) is 2. The maximum atomic E-state index is 11.6. The summed E-state index contributed by atoms with van der Waals surface area (Å²) in [4.78, 5) is 28.6. The number of amides is 3. The Kier molecular flexibility index (Phi) is 4.71. The van der Waals surface area contributed by atoms with E-state index in [0.29, 0.717) is 6.54 Å². The average Bonchev–Trinajstić information content (AvgIpc) is 2.50. The number of rotatable bonds is 4.